The molecule has 0 unspecified atom stereocenters. The molecule has 0 amide bonds. The number of hydrogen-bond donors (Lipinski definition) is 3. The monoisotopic (exact) mass is 405 g/mol. The van der Waals surface area contributed by atoms with Crippen LogP contribution in [-0.2, 0) is 9.09 Å². The van der Waals surface area contributed by atoms with E-state index in [1.165, 1.54) is 83.5 Å². The molecule has 0 aliphatic heterocycles. The average molecular weight is 406 g/mol. The van der Waals surface area contributed by atoms with E-state index in [0.29, 0.717) is 6.42 Å². The van der Waals surface area contributed by atoms with Crippen LogP contribution < -0.4 is 5.32 Å². The maximum Gasteiger partial charge on any atom is 0.469 e. The maximum absolute atomic E-state index is 10.5. The van der Waals surface area contributed by atoms with Crippen LogP contribution >= 0.6 is 7.82 Å². The first-order valence-electron chi connectivity index (χ1n) is 11.1. The van der Waals surface area contributed by atoms with Crippen molar-refractivity contribution in [3.8, 4) is 0 Å². The van der Waals surface area contributed by atoms with Crippen molar-refractivity contribution in [1.29, 1.82) is 0 Å². The van der Waals surface area contributed by atoms with Crippen LogP contribution in [-0.4, -0.2) is 29.5 Å². The van der Waals surface area contributed by atoms with Gasteiger partial charge in [0.15, 0.2) is 0 Å². The van der Waals surface area contributed by atoms with Gasteiger partial charge in [-0.2, -0.15) is 0 Å². The number of phosphoric acid groups is 1. The number of rotatable bonds is 21. The molecule has 0 saturated carbocycles. The Kier molecular flexibility index (Phi) is 20.4. The highest BCUT2D eigenvalue weighted by Crippen LogP contribution is 2.35. The molecule has 162 valence electrons. The van der Waals surface area contributed by atoms with Gasteiger partial charge in [0.1, 0.15) is 0 Å². The predicted molar refractivity (Wildman–Crippen MR) is 115 cm³/mol. The number of allylic oxidation sites excluding steroid dienone is 2. The molecule has 0 heterocycles. The Bertz CT molecular complexity index is 371. The van der Waals surface area contributed by atoms with Crippen molar-refractivity contribution in [2.75, 3.05) is 19.7 Å². The van der Waals surface area contributed by atoms with Gasteiger partial charge in [-0.1, -0.05) is 76.9 Å². The summed E-state index contributed by atoms with van der Waals surface area (Å²) in [7, 11) is -4.29. The van der Waals surface area contributed by atoms with E-state index in [1.54, 1.807) is 0 Å². The highest BCUT2D eigenvalue weighted by Gasteiger charge is 2.12. The summed E-state index contributed by atoms with van der Waals surface area (Å²) in [5.74, 6) is 0. The average Bonchev–Trinajstić information content (AvgIpc) is 2.62. The second-order valence-electron chi connectivity index (χ2n) is 7.37. The van der Waals surface area contributed by atoms with Gasteiger partial charge in [-0.05, 0) is 51.6 Å². The first-order valence-corrected chi connectivity index (χ1v) is 12.6. The van der Waals surface area contributed by atoms with E-state index in [4.69, 9.17) is 9.79 Å². The summed E-state index contributed by atoms with van der Waals surface area (Å²) in [6.07, 6.45) is 23.8. The maximum atomic E-state index is 10.5. The molecule has 0 aromatic heterocycles. The zero-order chi connectivity index (χ0) is 20.1. The Balaban J connectivity index is 3.10. The highest BCUT2D eigenvalue weighted by molar-refractivity contribution is 7.46. The molecule has 0 aromatic rings. The molecule has 0 aliphatic rings. The van der Waals surface area contributed by atoms with Crippen LogP contribution in [0, 0.1) is 0 Å². The van der Waals surface area contributed by atoms with Crippen molar-refractivity contribution in [2.45, 2.75) is 103 Å². The lowest BCUT2D eigenvalue weighted by molar-refractivity contribution is 0.194. The van der Waals surface area contributed by atoms with Crippen molar-refractivity contribution in [2.24, 2.45) is 0 Å². The summed E-state index contributed by atoms with van der Waals surface area (Å²) < 4.78 is 14.9. The summed E-state index contributed by atoms with van der Waals surface area (Å²) >= 11 is 0. The zero-order valence-corrected chi connectivity index (χ0v) is 18.4. The van der Waals surface area contributed by atoms with Crippen LogP contribution in [0.15, 0.2) is 12.2 Å². The molecule has 27 heavy (non-hydrogen) atoms. The quantitative estimate of drug-likeness (QED) is 0.122. The molecule has 6 heteroatoms. The lowest BCUT2D eigenvalue weighted by atomic mass is 10.1. The molecular weight excluding hydrogens is 361 g/mol. The minimum absolute atomic E-state index is 0.102. The third-order valence-corrected chi connectivity index (χ3v) is 5.14. The molecule has 0 radical (unpaired) electrons. The van der Waals surface area contributed by atoms with Gasteiger partial charge in [0.05, 0.1) is 6.61 Å². The number of nitrogens with one attached hydrogen (secondary N) is 1. The molecule has 0 fully saturated rings. The van der Waals surface area contributed by atoms with Gasteiger partial charge >= 0.3 is 7.82 Å². The fourth-order valence-corrected chi connectivity index (χ4v) is 3.37. The van der Waals surface area contributed by atoms with Gasteiger partial charge in [0.2, 0.25) is 0 Å². The van der Waals surface area contributed by atoms with Crippen molar-refractivity contribution in [1.82, 2.24) is 5.32 Å². The zero-order valence-electron chi connectivity index (χ0n) is 17.5. The number of hydrogen-bond acceptors (Lipinski definition) is 3. The van der Waals surface area contributed by atoms with E-state index in [-0.39, 0.29) is 6.61 Å². The molecule has 0 spiro atoms. The number of unbranched alkanes of at least 4 members (excludes halogenated alkanes) is 12. The summed E-state index contributed by atoms with van der Waals surface area (Å²) in [4.78, 5) is 17.1. The topological polar surface area (TPSA) is 78.8 Å². The summed E-state index contributed by atoms with van der Waals surface area (Å²) in [5, 5.41) is 3.28. The first-order chi connectivity index (χ1) is 13.1. The second-order valence-corrected chi connectivity index (χ2v) is 8.60. The Hall–Kier alpha value is -0.190. The van der Waals surface area contributed by atoms with E-state index in [9.17, 15) is 4.57 Å². The smallest absolute Gasteiger partial charge is 0.317 e. The van der Waals surface area contributed by atoms with E-state index in [2.05, 4.69) is 28.9 Å². The van der Waals surface area contributed by atoms with Crippen molar-refractivity contribution >= 4 is 7.82 Å². The molecule has 0 rings (SSSR count). The van der Waals surface area contributed by atoms with Gasteiger partial charge in [-0.25, -0.2) is 4.57 Å². The fourth-order valence-electron chi connectivity index (χ4n) is 3.00. The van der Waals surface area contributed by atoms with Crippen molar-refractivity contribution < 1.29 is 18.9 Å². The molecule has 5 nitrogen and oxygen atoms in total. The van der Waals surface area contributed by atoms with Crippen LogP contribution in [0.1, 0.15) is 103 Å². The largest absolute Gasteiger partial charge is 0.469 e. The molecule has 0 saturated heterocycles. The predicted octanol–water partition coefficient (Wildman–Crippen LogP) is 6.11. The summed E-state index contributed by atoms with van der Waals surface area (Å²) in [6.45, 7) is 4.08. The van der Waals surface area contributed by atoms with Crippen LogP contribution in [0.4, 0.5) is 0 Å². The van der Waals surface area contributed by atoms with E-state index in [1.807, 2.05) is 0 Å². The molecule has 0 aliphatic carbocycles. The van der Waals surface area contributed by atoms with Crippen molar-refractivity contribution in [3.63, 3.8) is 0 Å². The molecule has 0 bridgehead atoms. The third-order valence-electron chi connectivity index (χ3n) is 4.62. The minimum Gasteiger partial charge on any atom is -0.317 e. The van der Waals surface area contributed by atoms with E-state index >= 15 is 0 Å². The van der Waals surface area contributed by atoms with Gasteiger partial charge in [-0.15, -0.1) is 0 Å². The van der Waals surface area contributed by atoms with E-state index < -0.39 is 7.82 Å². The van der Waals surface area contributed by atoms with Gasteiger partial charge < -0.3 is 15.1 Å². The summed E-state index contributed by atoms with van der Waals surface area (Å²) in [5.41, 5.74) is 0. The van der Waals surface area contributed by atoms with Crippen LogP contribution in [0.3, 0.4) is 0 Å². The molecular formula is C21H44NO4P. The highest BCUT2D eigenvalue weighted by atomic mass is 31.2. The van der Waals surface area contributed by atoms with Crippen LogP contribution in [0.25, 0.3) is 0 Å². The number of phosphoric ester groups is 1. The fraction of sp³-hybridized carbons (Fsp3) is 0.905. The second kappa shape index (κ2) is 20.5. The van der Waals surface area contributed by atoms with Crippen molar-refractivity contribution in [3.05, 3.63) is 12.2 Å². The SMILES string of the molecule is CCCCCCCCC=CCCCCCCCCNCCCOP(=O)(O)O. The molecule has 3 N–H and O–H groups in total. The Morgan fingerprint density at radius 2 is 1.22 bits per heavy atom. The Morgan fingerprint density at radius 1 is 0.741 bits per heavy atom. The standard InChI is InChI=1S/C21H44NO4P/c1-2-3-4-5-6-7-8-9-10-11-12-13-14-15-16-17-19-22-20-18-21-26-27(23,24)25/h9-10,22H,2-8,11-21H2,1H3,(H2,23,24,25). The van der Waals surface area contributed by atoms with Gasteiger partial charge in [0, 0.05) is 0 Å². The summed E-state index contributed by atoms with van der Waals surface area (Å²) in [6, 6.07) is 0. The van der Waals surface area contributed by atoms with Crippen LogP contribution in [0.5, 0.6) is 0 Å². The molecule has 0 aromatic carbocycles. The normalized spacial score (nSPS) is 12.3. The molecule has 0 atom stereocenters. The third kappa shape index (κ3) is 25.8. The lowest BCUT2D eigenvalue weighted by Crippen LogP contribution is -2.17. The first kappa shape index (κ1) is 26.8. The Morgan fingerprint density at radius 3 is 1.78 bits per heavy atom. The van der Waals surface area contributed by atoms with E-state index in [0.717, 1.165) is 19.5 Å². The van der Waals surface area contributed by atoms with Gasteiger partial charge in [-0.3, -0.25) is 4.52 Å². The lowest BCUT2D eigenvalue weighted by Gasteiger charge is -2.06. The van der Waals surface area contributed by atoms with Crippen LogP contribution in [0.2, 0.25) is 0 Å². The minimum atomic E-state index is -4.29. The van der Waals surface area contributed by atoms with Gasteiger partial charge in [0.25, 0.3) is 0 Å². The Labute approximate surface area is 167 Å².